The van der Waals surface area contributed by atoms with Crippen molar-refractivity contribution < 1.29 is 9.53 Å². The number of nitrogens with zero attached hydrogens (tertiary/aromatic N) is 2. The molecule has 1 aromatic heterocycles. The molecule has 0 fully saturated rings. The molecule has 0 unspecified atom stereocenters. The first-order chi connectivity index (χ1) is 9.20. The highest BCUT2D eigenvalue weighted by molar-refractivity contribution is 7.98. The highest BCUT2D eigenvalue weighted by Crippen LogP contribution is 2.12. The summed E-state index contributed by atoms with van der Waals surface area (Å²) in [5.74, 6) is 0.374. The number of rotatable bonds is 5. The molecular formula is C13H15N3O2S. The lowest BCUT2D eigenvalue weighted by Crippen LogP contribution is -2.09. The summed E-state index contributed by atoms with van der Waals surface area (Å²) in [6.07, 6.45) is 3.67. The zero-order valence-electron chi connectivity index (χ0n) is 10.6. The molecule has 100 valence electrons. The van der Waals surface area contributed by atoms with E-state index in [1.54, 1.807) is 40.8 Å². The maximum absolute atomic E-state index is 11.7. The Morgan fingerprint density at radius 3 is 3.05 bits per heavy atom. The van der Waals surface area contributed by atoms with Gasteiger partial charge in [-0.1, -0.05) is 6.07 Å². The van der Waals surface area contributed by atoms with Crippen LogP contribution in [0.3, 0.4) is 0 Å². The van der Waals surface area contributed by atoms with Crippen LogP contribution in [-0.2, 0) is 4.74 Å². The molecule has 6 heteroatoms. The lowest BCUT2D eigenvalue weighted by atomic mass is 10.3. The van der Waals surface area contributed by atoms with Crippen LogP contribution in [0.4, 0.5) is 5.69 Å². The molecule has 5 nitrogen and oxygen atoms in total. The largest absolute Gasteiger partial charge is 0.460 e. The fourth-order valence-corrected chi connectivity index (χ4v) is 1.79. The Labute approximate surface area is 115 Å². The van der Waals surface area contributed by atoms with Gasteiger partial charge in [0.1, 0.15) is 6.61 Å². The van der Waals surface area contributed by atoms with E-state index in [0.717, 1.165) is 11.4 Å². The molecule has 2 rings (SSSR count). The second-order valence-electron chi connectivity index (χ2n) is 3.87. The van der Waals surface area contributed by atoms with Crippen molar-refractivity contribution in [1.29, 1.82) is 0 Å². The highest BCUT2D eigenvalue weighted by atomic mass is 32.2. The molecule has 0 bridgehead atoms. The van der Waals surface area contributed by atoms with Gasteiger partial charge in [0.25, 0.3) is 0 Å². The number of anilines is 1. The van der Waals surface area contributed by atoms with Crippen LogP contribution in [0.1, 0.15) is 10.5 Å². The minimum Gasteiger partial charge on any atom is -0.460 e. The molecule has 0 aliphatic rings. The Kier molecular flexibility index (Phi) is 4.46. The third kappa shape index (κ3) is 3.51. The second-order valence-corrected chi connectivity index (χ2v) is 4.85. The van der Waals surface area contributed by atoms with Crippen LogP contribution in [0.5, 0.6) is 0 Å². The average molecular weight is 277 g/mol. The van der Waals surface area contributed by atoms with Crippen LogP contribution in [0.2, 0.25) is 0 Å². The molecule has 0 amide bonds. The Morgan fingerprint density at radius 2 is 2.32 bits per heavy atom. The van der Waals surface area contributed by atoms with Gasteiger partial charge in [0.15, 0.2) is 5.69 Å². The summed E-state index contributed by atoms with van der Waals surface area (Å²) in [6, 6.07) is 8.92. The number of thioether (sulfide) groups is 1. The summed E-state index contributed by atoms with van der Waals surface area (Å²) in [7, 11) is 0. The summed E-state index contributed by atoms with van der Waals surface area (Å²) in [5, 5.41) is 4.18. The Bertz CT molecular complexity index is 569. The first-order valence-electron chi connectivity index (χ1n) is 5.78. The van der Waals surface area contributed by atoms with Crippen LogP contribution in [0, 0.1) is 0 Å². The van der Waals surface area contributed by atoms with E-state index in [1.807, 2.05) is 18.4 Å². The van der Waals surface area contributed by atoms with Gasteiger partial charge in [-0.2, -0.15) is 16.9 Å². The van der Waals surface area contributed by atoms with Crippen LogP contribution in [-0.4, -0.2) is 34.4 Å². The monoisotopic (exact) mass is 277 g/mol. The Morgan fingerprint density at radius 1 is 1.47 bits per heavy atom. The van der Waals surface area contributed by atoms with Crippen molar-refractivity contribution in [3.63, 3.8) is 0 Å². The summed E-state index contributed by atoms with van der Waals surface area (Å²) in [6.45, 7) is 0.394. The van der Waals surface area contributed by atoms with E-state index in [2.05, 4.69) is 5.10 Å². The van der Waals surface area contributed by atoms with Gasteiger partial charge in [-0.05, 0) is 30.5 Å². The van der Waals surface area contributed by atoms with Crippen LogP contribution in [0.25, 0.3) is 5.69 Å². The molecule has 0 atom stereocenters. The van der Waals surface area contributed by atoms with E-state index >= 15 is 0 Å². The van der Waals surface area contributed by atoms with Gasteiger partial charge in [-0.3, -0.25) is 0 Å². The van der Waals surface area contributed by atoms with Gasteiger partial charge in [-0.25, -0.2) is 9.48 Å². The number of hydrogen-bond acceptors (Lipinski definition) is 5. The highest BCUT2D eigenvalue weighted by Gasteiger charge is 2.11. The molecule has 2 N–H and O–H groups in total. The van der Waals surface area contributed by atoms with Gasteiger partial charge in [0, 0.05) is 17.6 Å². The van der Waals surface area contributed by atoms with Gasteiger partial charge < -0.3 is 10.5 Å². The summed E-state index contributed by atoms with van der Waals surface area (Å²) in [5.41, 5.74) is 7.46. The van der Waals surface area contributed by atoms with E-state index in [1.165, 1.54) is 0 Å². The predicted octanol–water partition coefficient (Wildman–Crippen LogP) is 1.97. The number of benzene rings is 1. The third-order valence-corrected chi connectivity index (χ3v) is 3.03. The summed E-state index contributed by atoms with van der Waals surface area (Å²) < 4.78 is 6.68. The number of aromatic nitrogens is 2. The average Bonchev–Trinajstić information content (AvgIpc) is 2.88. The molecule has 0 aliphatic heterocycles. The Hall–Kier alpha value is -1.95. The molecular weight excluding hydrogens is 262 g/mol. The molecule has 0 saturated carbocycles. The molecule has 1 heterocycles. The van der Waals surface area contributed by atoms with Crippen molar-refractivity contribution in [3.8, 4) is 5.69 Å². The molecule has 0 radical (unpaired) electrons. The van der Waals surface area contributed by atoms with Gasteiger partial charge >= 0.3 is 5.97 Å². The van der Waals surface area contributed by atoms with E-state index in [4.69, 9.17) is 10.5 Å². The van der Waals surface area contributed by atoms with Crippen LogP contribution < -0.4 is 5.73 Å². The topological polar surface area (TPSA) is 70.1 Å². The molecule has 0 spiro atoms. The van der Waals surface area contributed by atoms with Gasteiger partial charge in [-0.15, -0.1) is 0 Å². The number of carbonyl (C=O) groups excluding carboxylic acids is 1. The summed E-state index contributed by atoms with van der Waals surface area (Å²) >= 11 is 1.63. The maximum atomic E-state index is 11.7. The fourth-order valence-electron chi connectivity index (χ4n) is 1.54. The van der Waals surface area contributed by atoms with Gasteiger partial charge in [0.2, 0.25) is 0 Å². The van der Waals surface area contributed by atoms with E-state index < -0.39 is 5.97 Å². The second kappa shape index (κ2) is 6.29. The SMILES string of the molecule is CSCCOC(=O)c1ccn(-c2cccc(N)c2)n1. The zero-order valence-corrected chi connectivity index (χ0v) is 11.4. The van der Waals surface area contributed by atoms with Crippen molar-refractivity contribution in [2.75, 3.05) is 24.3 Å². The first kappa shape index (κ1) is 13.5. The van der Waals surface area contributed by atoms with Crippen molar-refractivity contribution in [2.24, 2.45) is 0 Å². The minimum atomic E-state index is -0.406. The molecule has 0 saturated heterocycles. The minimum absolute atomic E-state index is 0.295. The fraction of sp³-hybridized carbons (Fsp3) is 0.231. The third-order valence-electron chi connectivity index (χ3n) is 2.45. The molecule has 0 aliphatic carbocycles. The Balaban J connectivity index is 2.08. The number of ether oxygens (including phenoxy) is 1. The van der Waals surface area contributed by atoms with Gasteiger partial charge in [0.05, 0.1) is 5.69 Å². The molecule has 1 aromatic carbocycles. The first-order valence-corrected chi connectivity index (χ1v) is 7.18. The molecule has 2 aromatic rings. The lowest BCUT2D eigenvalue weighted by molar-refractivity contribution is 0.0523. The van der Waals surface area contributed by atoms with Crippen LogP contribution in [0.15, 0.2) is 36.5 Å². The smallest absolute Gasteiger partial charge is 0.358 e. The maximum Gasteiger partial charge on any atom is 0.358 e. The number of esters is 1. The lowest BCUT2D eigenvalue weighted by Gasteiger charge is -2.02. The van der Waals surface area contributed by atoms with Crippen LogP contribution >= 0.6 is 11.8 Å². The zero-order chi connectivity index (χ0) is 13.7. The van der Waals surface area contributed by atoms with E-state index in [-0.39, 0.29) is 0 Å². The predicted molar refractivity (Wildman–Crippen MR) is 76.6 cm³/mol. The summed E-state index contributed by atoms with van der Waals surface area (Å²) in [4.78, 5) is 11.7. The number of hydrogen-bond donors (Lipinski definition) is 1. The van der Waals surface area contributed by atoms with E-state index in [9.17, 15) is 4.79 Å². The van der Waals surface area contributed by atoms with Crippen molar-refractivity contribution in [1.82, 2.24) is 9.78 Å². The van der Waals surface area contributed by atoms with Crippen molar-refractivity contribution in [2.45, 2.75) is 0 Å². The quantitative estimate of drug-likeness (QED) is 0.514. The molecule has 19 heavy (non-hydrogen) atoms. The standard InChI is InChI=1S/C13H15N3O2S/c1-19-8-7-18-13(17)12-5-6-16(15-12)11-4-2-3-10(14)9-11/h2-6,9H,7-8,14H2,1H3. The number of carbonyl (C=O) groups is 1. The van der Waals surface area contributed by atoms with Crippen molar-refractivity contribution >= 4 is 23.4 Å². The van der Waals surface area contributed by atoms with E-state index in [0.29, 0.717) is 18.0 Å². The number of nitrogen functional groups attached to an aromatic ring is 1. The number of nitrogens with two attached hydrogens (primary N) is 1. The normalized spacial score (nSPS) is 10.4. The van der Waals surface area contributed by atoms with Crippen molar-refractivity contribution in [3.05, 3.63) is 42.2 Å².